The Kier molecular flexibility index (Phi) is 7.17. The molecule has 1 N–H and O–H groups in total. The Balaban J connectivity index is 1.36. The Hall–Kier alpha value is -4.94. The van der Waals surface area contributed by atoms with Crippen LogP contribution in [0.5, 0.6) is 5.75 Å². The Labute approximate surface area is 275 Å². The Morgan fingerprint density at radius 2 is 1.39 bits per heavy atom. The van der Waals surface area contributed by atoms with Gasteiger partial charge in [-0.2, -0.15) is 26.3 Å². The molecule has 6 atom stereocenters. The van der Waals surface area contributed by atoms with Gasteiger partial charge >= 0.3 is 12.4 Å². The first-order valence-corrected chi connectivity index (χ1v) is 15.5. The molecule has 2 saturated heterocycles. The standard InChI is InChI=1S/C36H28F6N2O5/c1-17-12-18(8-11-27(17)45)29-23-9-10-24-28(25(23)16-26-31(47)44(33(49)34(26,29)2)21-6-4-3-5-7-21)32(48)43(30(24)46)22-14-19(35(37,38)39)13-20(15-22)36(40,41)42/h3-9,11-15,24-26,28-29,45H,10,16H2,1-2H3. The lowest BCUT2D eigenvalue weighted by atomic mass is 9.51. The molecule has 2 aliphatic carbocycles. The summed E-state index contributed by atoms with van der Waals surface area (Å²) in [5.41, 5.74) is -3.60. The number of aryl methyl sites for hydroxylation is 1. The molecule has 3 aromatic carbocycles. The number of allylic oxidation sites excluding steroid dienone is 2. The molecule has 6 unspecified atom stereocenters. The van der Waals surface area contributed by atoms with Gasteiger partial charge in [-0.3, -0.25) is 19.2 Å². The molecule has 4 amide bonds. The molecule has 7 nitrogen and oxygen atoms in total. The van der Waals surface area contributed by atoms with Crippen molar-refractivity contribution in [3.63, 3.8) is 0 Å². The summed E-state index contributed by atoms with van der Waals surface area (Å²) >= 11 is 0. The van der Waals surface area contributed by atoms with E-state index in [4.69, 9.17) is 0 Å². The number of phenols is 1. The molecule has 1 saturated carbocycles. The van der Waals surface area contributed by atoms with Crippen LogP contribution in [0.4, 0.5) is 37.7 Å². The second kappa shape index (κ2) is 10.8. The van der Waals surface area contributed by atoms with E-state index in [0.717, 1.165) is 4.90 Å². The number of imide groups is 2. The van der Waals surface area contributed by atoms with Gasteiger partial charge in [0.25, 0.3) is 0 Å². The number of hydrogen-bond acceptors (Lipinski definition) is 5. The van der Waals surface area contributed by atoms with Crippen LogP contribution in [0.25, 0.3) is 0 Å². The van der Waals surface area contributed by atoms with Crippen molar-refractivity contribution in [2.24, 2.45) is 29.1 Å². The number of carbonyl (C=O) groups is 4. The summed E-state index contributed by atoms with van der Waals surface area (Å²) in [6.07, 6.45) is -8.82. The van der Waals surface area contributed by atoms with Crippen molar-refractivity contribution in [3.05, 3.63) is 101 Å². The lowest BCUT2D eigenvalue weighted by Crippen LogP contribution is -2.48. The van der Waals surface area contributed by atoms with E-state index >= 15 is 0 Å². The molecular formula is C36H28F6N2O5. The molecule has 2 heterocycles. The Morgan fingerprint density at radius 3 is 1.98 bits per heavy atom. The fraction of sp³-hybridized carbons (Fsp3) is 0.333. The first kappa shape index (κ1) is 32.6. The third-order valence-corrected chi connectivity index (χ3v) is 10.7. The van der Waals surface area contributed by atoms with Crippen molar-refractivity contribution in [2.75, 3.05) is 9.80 Å². The van der Waals surface area contributed by atoms with Crippen molar-refractivity contribution >= 4 is 35.0 Å². The van der Waals surface area contributed by atoms with E-state index in [1.54, 1.807) is 62.4 Å². The second-order valence-corrected chi connectivity index (χ2v) is 13.3. The van der Waals surface area contributed by atoms with Crippen LogP contribution in [0.15, 0.2) is 78.4 Å². The first-order valence-electron chi connectivity index (χ1n) is 15.5. The largest absolute Gasteiger partial charge is 0.508 e. The summed E-state index contributed by atoms with van der Waals surface area (Å²) in [5, 5.41) is 10.3. The number of halogens is 6. The van der Waals surface area contributed by atoms with Gasteiger partial charge in [0.1, 0.15) is 5.75 Å². The van der Waals surface area contributed by atoms with Gasteiger partial charge in [0.05, 0.1) is 45.7 Å². The number of benzene rings is 3. The average molecular weight is 683 g/mol. The molecule has 0 radical (unpaired) electrons. The highest BCUT2D eigenvalue weighted by molar-refractivity contribution is 6.25. The molecule has 3 aromatic rings. The molecule has 4 aliphatic rings. The van der Waals surface area contributed by atoms with Crippen molar-refractivity contribution < 1.29 is 50.6 Å². The van der Waals surface area contributed by atoms with Gasteiger partial charge in [0.2, 0.25) is 23.6 Å². The fourth-order valence-electron chi connectivity index (χ4n) is 8.40. The van der Waals surface area contributed by atoms with Gasteiger partial charge in [-0.15, -0.1) is 0 Å². The third-order valence-electron chi connectivity index (χ3n) is 10.7. The lowest BCUT2D eigenvalue weighted by molar-refractivity contribution is -0.143. The van der Waals surface area contributed by atoms with E-state index in [1.165, 1.54) is 6.07 Å². The Morgan fingerprint density at radius 1 is 0.755 bits per heavy atom. The molecule has 7 rings (SSSR count). The summed E-state index contributed by atoms with van der Waals surface area (Å²) in [6.45, 7) is 3.33. The third kappa shape index (κ3) is 4.79. The average Bonchev–Trinajstić information content (AvgIpc) is 3.41. The van der Waals surface area contributed by atoms with E-state index in [0.29, 0.717) is 39.4 Å². The van der Waals surface area contributed by atoms with Crippen molar-refractivity contribution in [3.8, 4) is 5.75 Å². The van der Waals surface area contributed by atoms with E-state index in [-0.39, 0.29) is 24.7 Å². The van der Waals surface area contributed by atoms with E-state index < -0.39 is 87.8 Å². The minimum atomic E-state index is -5.20. The number of phenolic OH excluding ortho intramolecular Hbond substituents is 1. The topological polar surface area (TPSA) is 95.0 Å². The van der Waals surface area contributed by atoms with Gasteiger partial charge < -0.3 is 5.11 Å². The number of hydrogen-bond donors (Lipinski definition) is 1. The predicted molar refractivity (Wildman–Crippen MR) is 163 cm³/mol. The van der Waals surface area contributed by atoms with E-state index in [9.17, 15) is 50.6 Å². The summed E-state index contributed by atoms with van der Waals surface area (Å²) in [6, 6.07) is 13.7. The first-order chi connectivity index (χ1) is 22.9. The normalized spacial score (nSPS) is 28.4. The number of nitrogens with zero attached hydrogens (tertiary/aromatic N) is 2. The number of aromatic hydroxyl groups is 1. The number of fused-ring (bicyclic) bond motifs is 4. The fourth-order valence-corrected chi connectivity index (χ4v) is 8.40. The number of carbonyl (C=O) groups excluding carboxylic acids is 4. The van der Waals surface area contributed by atoms with Gasteiger partial charge in [0, 0.05) is 5.92 Å². The zero-order valence-corrected chi connectivity index (χ0v) is 26.0. The highest BCUT2D eigenvalue weighted by Gasteiger charge is 2.67. The molecular weight excluding hydrogens is 654 g/mol. The molecule has 49 heavy (non-hydrogen) atoms. The zero-order chi connectivity index (χ0) is 35.4. The summed E-state index contributed by atoms with van der Waals surface area (Å²) in [5.74, 6) is -7.93. The van der Waals surface area contributed by atoms with Gasteiger partial charge in [0.15, 0.2) is 0 Å². The van der Waals surface area contributed by atoms with Crippen molar-refractivity contribution in [1.82, 2.24) is 0 Å². The van der Waals surface area contributed by atoms with E-state index in [2.05, 4.69) is 0 Å². The quantitative estimate of drug-likeness (QED) is 0.180. The summed E-state index contributed by atoms with van der Waals surface area (Å²) < 4.78 is 82.4. The smallest absolute Gasteiger partial charge is 0.416 e. The second-order valence-electron chi connectivity index (χ2n) is 13.3. The lowest BCUT2D eigenvalue weighted by Gasteiger charge is -2.49. The van der Waals surface area contributed by atoms with Crippen LogP contribution in [0, 0.1) is 36.0 Å². The van der Waals surface area contributed by atoms with E-state index in [1.807, 2.05) is 0 Å². The minimum absolute atomic E-state index is 0.0123. The maximum Gasteiger partial charge on any atom is 0.416 e. The number of alkyl halides is 6. The SMILES string of the molecule is Cc1cc(C2C3=CCC4C(=O)N(c5cc(C(F)(F)F)cc(C(F)(F)F)c5)C(=O)C4C3CC3C(=O)N(c4ccccc4)C(=O)C32C)ccc1O. The highest BCUT2D eigenvalue weighted by Crippen LogP contribution is 2.64. The maximum absolute atomic E-state index is 14.4. The van der Waals surface area contributed by atoms with Crippen LogP contribution in [0.1, 0.15) is 47.9 Å². The minimum Gasteiger partial charge on any atom is -0.508 e. The van der Waals surface area contributed by atoms with Crippen LogP contribution in [-0.4, -0.2) is 28.7 Å². The molecule has 254 valence electrons. The number of rotatable bonds is 3. The van der Waals surface area contributed by atoms with Crippen molar-refractivity contribution in [1.29, 1.82) is 0 Å². The summed E-state index contributed by atoms with van der Waals surface area (Å²) in [7, 11) is 0. The number of para-hydroxylation sites is 1. The maximum atomic E-state index is 14.4. The molecule has 0 spiro atoms. The monoisotopic (exact) mass is 682 g/mol. The van der Waals surface area contributed by atoms with Crippen LogP contribution in [-0.2, 0) is 31.5 Å². The van der Waals surface area contributed by atoms with Gasteiger partial charge in [-0.25, -0.2) is 9.80 Å². The molecule has 2 aliphatic heterocycles. The predicted octanol–water partition coefficient (Wildman–Crippen LogP) is 7.17. The van der Waals surface area contributed by atoms with Gasteiger partial charge in [-0.1, -0.05) is 42.0 Å². The highest BCUT2D eigenvalue weighted by atomic mass is 19.4. The van der Waals surface area contributed by atoms with Gasteiger partial charge in [-0.05, 0) is 80.1 Å². The van der Waals surface area contributed by atoms with Crippen LogP contribution < -0.4 is 9.80 Å². The molecule has 0 aromatic heterocycles. The Bertz CT molecular complexity index is 1940. The van der Waals surface area contributed by atoms with Crippen LogP contribution in [0.2, 0.25) is 0 Å². The zero-order valence-electron chi connectivity index (χ0n) is 26.0. The summed E-state index contributed by atoms with van der Waals surface area (Å²) in [4.78, 5) is 58.1. The van der Waals surface area contributed by atoms with Crippen LogP contribution in [0.3, 0.4) is 0 Å². The molecule has 13 heteroatoms. The number of amides is 4. The molecule has 3 fully saturated rings. The molecule has 0 bridgehead atoms. The van der Waals surface area contributed by atoms with Crippen LogP contribution >= 0.6 is 0 Å². The van der Waals surface area contributed by atoms with Crippen molar-refractivity contribution in [2.45, 2.75) is 45.0 Å². The number of anilines is 2.